The number of ether oxygens (including phenoxy) is 2. The third-order valence-electron chi connectivity index (χ3n) is 2.11. The molecule has 0 saturated carbocycles. The van der Waals surface area contributed by atoms with E-state index < -0.39 is 17.7 Å². The van der Waals surface area contributed by atoms with Crippen LogP contribution < -0.4 is 5.32 Å². The molecular weight excluding hydrogens is 377 g/mol. The predicted octanol–water partition coefficient (Wildman–Crippen LogP) is 3.13. The van der Waals surface area contributed by atoms with E-state index in [-0.39, 0.29) is 17.0 Å². The number of methoxy groups -OCH3 is 1. The van der Waals surface area contributed by atoms with Crippen LogP contribution in [-0.2, 0) is 9.47 Å². The van der Waals surface area contributed by atoms with Gasteiger partial charge in [0.2, 0.25) is 0 Å². The lowest BCUT2D eigenvalue weighted by Gasteiger charge is -2.20. The lowest BCUT2D eigenvalue weighted by Crippen LogP contribution is -2.27. The van der Waals surface area contributed by atoms with Gasteiger partial charge in [-0.25, -0.2) is 9.59 Å². The third-order valence-corrected chi connectivity index (χ3v) is 3.24. The van der Waals surface area contributed by atoms with Gasteiger partial charge in [0.1, 0.15) is 11.4 Å². The second-order valence-corrected chi connectivity index (χ2v) is 6.05. The van der Waals surface area contributed by atoms with Crippen molar-refractivity contribution in [1.29, 1.82) is 0 Å². The van der Waals surface area contributed by atoms with Crippen molar-refractivity contribution in [2.24, 2.45) is 0 Å². The van der Waals surface area contributed by atoms with Crippen molar-refractivity contribution >= 4 is 40.3 Å². The zero-order chi connectivity index (χ0) is 15.5. The predicted molar refractivity (Wildman–Crippen MR) is 82.0 cm³/mol. The van der Waals surface area contributed by atoms with Gasteiger partial charge in [-0.2, -0.15) is 0 Å². The highest BCUT2D eigenvalue weighted by Crippen LogP contribution is 2.30. The van der Waals surface area contributed by atoms with Crippen molar-refractivity contribution in [3.05, 3.63) is 21.3 Å². The fourth-order valence-corrected chi connectivity index (χ4v) is 1.80. The van der Waals surface area contributed by atoms with Gasteiger partial charge < -0.3 is 14.6 Å². The Morgan fingerprint density at radius 1 is 1.30 bits per heavy atom. The SMILES string of the molecule is COC(=O)c1cc(O)c(I)c(NC(=O)OC(C)(C)C)c1. The molecule has 1 aromatic carbocycles. The number of rotatable bonds is 2. The summed E-state index contributed by atoms with van der Waals surface area (Å²) in [6.07, 6.45) is -0.670. The summed E-state index contributed by atoms with van der Waals surface area (Å²) in [5, 5.41) is 12.3. The summed E-state index contributed by atoms with van der Waals surface area (Å²) in [5.41, 5.74) is -0.228. The van der Waals surface area contributed by atoms with Crippen molar-refractivity contribution in [2.75, 3.05) is 12.4 Å². The zero-order valence-corrected chi connectivity index (χ0v) is 13.8. The number of nitrogens with one attached hydrogen (secondary N) is 1. The maximum atomic E-state index is 11.7. The first-order chi connectivity index (χ1) is 9.14. The molecule has 0 radical (unpaired) electrons. The Balaban J connectivity index is 3.03. The number of benzene rings is 1. The summed E-state index contributed by atoms with van der Waals surface area (Å²) in [4.78, 5) is 23.2. The molecule has 0 spiro atoms. The molecule has 1 amide bonds. The molecule has 1 rings (SSSR count). The normalized spacial score (nSPS) is 10.8. The number of carbonyl (C=O) groups is 2. The zero-order valence-electron chi connectivity index (χ0n) is 11.6. The molecule has 0 aliphatic rings. The van der Waals surface area contributed by atoms with E-state index in [0.717, 1.165) is 0 Å². The van der Waals surface area contributed by atoms with Gasteiger partial charge >= 0.3 is 12.1 Å². The highest BCUT2D eigenvalue weighted by molar-refractivity contribution is 14.1. The standard InChI is InChI=1S/C13H16INO5/c1-13(2,3)20-12(18)15-8-5-7(11(17)19-4)6-9(16)10(8)14/h5-6,16H,1-4H3,(H,15,18). The molecular formula is C13H16INO5. The first-order valence-corrected chi connectivity index (χ1v) is 6.82. The summed E-state index contributed by atoms with van der Waals surface area (Å²) < 4.78 is 10.1. The van der Waals surface area contributed by atoms with Gasteiger partial charge in [-0.1, -0.05) is 0 Å². The highest BCUT2D eigenvalue weighted by atomic mass is 127. The summed E-state index contributed by atoms with van der Waals surface area (Å²) in [6.45, 7) is 5.21. The van der Waals surface area contributed by atoms with E-state index in [0.29, 0.717) is 3.57 Å². The van der Waals surface area contributed by atoms with Crippen LogP contribution in [0.4, 0.5) is 10.5 Å². The number of hydrogen-bond donors (Lipinski definition) is 2. The fourth-order valence-electron chi connectivity index (χ4n) is 1.35. The molecule has 0 unspecified atom stereocenters. The summed E-state index contributed by atoms with van der Waals surface area (Å²) in [6, 6.07) is 2.69. The average molecular weight is 393 g/mol. The molecule has 0 aliphatic carbocycles. The number of anilines is 1. The minimum Gasteiger partial charge on any atom is -0.507 e. The van der Waals surface area contributed by atoms with Gasteiger partial charge in [0.15, 0.2) is 0 Å². The molecule has 0 atom stereocenters. The van der Waals surface area contributed by atoms with E-state index >= 15 is 0 Å². The number of phenols is 1. The molecule has 0 fully saturated rings. The molecule has 20 heavy (non-hydrogen) atoms. The smallest absolute Gasteiger partial charge is 0.412 e. The summed E-state index contributed by atoms with van der Waals surface area (Å²) in [5.74, 6) is -0.733. The van der Waals surface area contributed by atoms with Crippen LogP contribution in [0.15, 0.2) is 12.1 Å². The number of aromatic hydroxyl groups is 1. The molecule has 0 aromatic heterocycles. The number of amides is 1. The molecule has 2 N–H and O–H groups in total. The van der Waals surface area contributed by atoms with Crippen molar-refractivity contribution < 1.29 is 24.2 Å². The van der Waals surface area contributed by atoms with Gasteiger partial charge in [0.25, 0.3) is 0 Å². The maximum absolute atomic E-state index is 11.7. The Kier molecular flexibility index (Phi) is 5.21. The maximum Gasteiger partial charge on any atom is 0.412 e. The molecule has 0 heterocycles. The van der Waals surface area contributed by atoms with Crippen LogP contribution in [-0.4, -0.2) is 29.9 Å². The molecule has 0 saturated heterocycles. The second kappa shape index (κ2) is 6.29. The Morgan fingerprint density at radius 2 is 1.90 bits per heavy atom. The topological polar surface area (TPSA) is 84.9 Å². The fraction of sp³-hybridized carbons (Fsp3) is 0.385. The summed E-state index contributed by atoms with van der Waals surface area (Å²) >= 11 is 1.86. The van der Waals surface area contributed by atoms with E-state index in [1.165, 1.54) is 19.2 Å². The Labute approximate surface area is 130 Å². The van der Waals surface area contributed by atoms with Crippen LogP contribution in [0.25, 0.3) is 0 Å². The molecule has 7 heteroatoms. The van der Waals surface area contributed by atoms with Crippen LogP contribution >= 0.6 is 22.6 Å². The van der Waals surface area contributed by atoms with E-state index in [2.05, 4.69) is 10.1 Å². The Bertz CT molecular complexity index is 536. The van der Waals surface area contributed by atoms with Gasteiger partial charge in [0.05, 0.1) is 21.9 Å². The van der Waals surface area contributed by atoms with E-state index in [1.54, 1.807) is 20.8 Å². The molecule has 110 valence electrons. The number of phenolic OH excluding ortho intramolecular Hbond substituents is 1. The van der Waals surface area contributed by atoms with Crippen molar-refractivity contribution in [1.82, 2.24) is 0 Å². The average Bonchev–Trinajstić information content (AvgIpc) is 2.31. The van der Waals surface area contributed by atoms with E-state index in [4.69, 9.17) is 4.74 Å². The lowest BCUT2D eigenvalue weighted by molar-refractivity contribution is 0.0595. The second-order valence-electron chi connectivity index (χ2n) is 4.98. The minimum absolute atomic E-state index is 0.125. The minimum atomic E-state index is -0.670. The number of halogens is 1. The number of esters is 1. The molecule has 0 bridgehead atoms. The van der Waals surface area contributed by atoms with Crippen LogP contribution in [0, 0.1) is 3.57 Å². The highest BCUT2D eigenvalue weighted by Gasteiger charge is 2.19. The van der Waals surface area contributed by atoms with Crippen molar-refractivity contribution in [3.8, 4) is 5.75 Å². The monoisotopic (exact) mass is 393 g/mol. The number of hydrogen-bond acceptors (Lipinski definition) is 5. The van der Waals surface area contributed by atoms with Crippen LogP contribution in [0.3, 0.4) is 0 Å². The summed E-state index contributed by atoms with van der Waals surface area (Å²) in [7, 11) is 1.23. The molecule has 0 aliphatic heterocycles. The third kappa shape index (κ3) is 4.55. The van der Waals surface area contributed by atoms with Gasteiger partial charge in [-0.15, -0.1) is 0 Å². The van der Waals surface area contributed by atoms with Gasteiger partial charge in [0, 0.05) is 0 Å². The van der Waals surface area contributed by atoms with E-state index in [1.807, 2.05) is 22.6 Å². The Hall–Kier alpha value is -1.51. The van der Waals surface area contributed by atoms with Crippen molar-refractivity contribution in [3.63, 3.8) is 0 Å². The van der Waals surface area contributed by atoms with Crippen LogP contribution in [0.1, 0.15) is 31.1 Å². The largest absolute Gasteiger partial charge is 0.507 e. The first kappa shape index (κ1) is 16.5. The quantitative estimate of drug-likeness (QED) is 0.596. The Morgan fingerprint density at radius 3 is 2.40 bits per heavy atom. The van der Waals surface area contributed by atoms with Gasteiger partial charge in [-0.3, -0.25) is 5.32 Å². The lowest BCUT2D eigenvalue weighted by atomic mass is 10.2. The van der Waals surface area contributed by atoms with Crippen LogP contribution in [0.2, 0.25) is 0 Å². The first-order valence-electron chi connectivity index (χ1n) is 5.75. The van der Waals surface area contributed by atoms with E-state index in [9.17, 15) is 14.7 Å². The molecule has 6 nitrogen and oxygen atoms in total. The molecule has 1 aromatic rings. The van der Waals surface area contributed by atoms with Crippen molar-refractivity contribution in [2.45, 2.75) is 26.4 Å². The van der Waals surface area contributed by atoms with Crippen LogP contribution in [0.5, 0.6) is 5.75 Å². The number of carbonyl (C=O) groups excluding carboxylic acids is 2. The van der Waals surface area contributed by atoms with Gasteiger partial charge in [-0.05, 0) is 55.5 Å².